The van der Waals surface area contributed by atoms with Gasteiger partial charge in [-0.25, -0.2) is 0 Å². The summed E-state index contributed by atoms with van der Waals surface area (Å²) >= 11 is 0. The summed E-state index contributed by atoms with van der Waals surface area (Å²) in [6.07, 6.45) is 4.13. The Bertz CT molecular complexity index is 334. The molecule has 16 heavy (non-hydrogen) atoms. The molecule has 3 nitrogen and oxygen atoms in total. The molecule has 0 atom stereocenters. The first-order chi connectivity index (χ1) is 7.81. The third kappa shape index (κ3) is 3.57. The lowest BCUT2D eigenvalue weighted by molar-refractivity contribution is 0.112. The van der Waals surface area contributed by atoms with Gasteiger partial charge in [-0.05, 0) is 24.6 Å². The van der Waals surface area contributed by atoms with Crippen molar-refractivity contribution >= 4 is 6.29 Å². The molecule has 1 rings (SSSR count). The molecule has 0 aliphatic rings. The van der Waals surface area contributed by atoms with E-state index in [1.807, 2.05) is 0 Å². The summed E-state index contributed by atoms with van der Waals surface area (Å²) in [5.74, 6) is 1.31. The quantitative estimate of drug-likeness (QED) is 0.525. The minimum absolute atomic E-state index is 0.603. The minimum atomic E-state index is 0.603. The van der Waals surface area contributed by atoms with E-state index in [1.54, 1.807) is 25.3 Å². The van der Waals surface area contributed by atoms with Crippen molar-refractivity contribution in [3.05, 3.63) is 23.8 Å². The first-order valence-electron chi connectivity index (χ1n) is 5.57. The Kier molecular flexibility index (Phi) is 5.40. The molecule has 0 aliphatic carbocycles. The SMILES string of the molecule is CCCCCOc1cc(C=O)ccc1OC. The van der Waals surface area contributed by atoms with Crippen LogP contribution in [0.2, 0.25) is 0 Å². The second kappa shape index (κ2) is 6.88. The van der Waals surface area contributed by atoms with Gasteiger partial charge in [0.2, 0.25) is 0 Å². The van der Waals surface area contributed by atoms with Gasteiger partial charge in [-0.15, -0.1) is 0 Å². The number of methoxy groups -OCH3 is 1. The van der Waals surface area contributed by atoms with Gasteiger partial charge in [0.25, 0.3) is 0 Å². The van der Waals surface area contributed by atoms with Crippen molar-refractivity contribution in [2.45, 2.75) is 26.2 Å². The normalized spacial score (nSPS) is 9.88. The van der Waals surface area contributed by atoms with Gasteiger partial charge >= 0.3 is 0 Å². The molecule has 0 radical (unpaired) electrons. The van der Waals surface area contributed by atoms with Gasteiger partial charge in [-0.3, -0.25) is 4.79 Å². The average molecular weight is 222 g/mol. The molecule has 0 spiro atoms. The van der Waals surface area contributed by atoms with Crippen LogP contribution < -0.4 is 9.47 Å². The van der Waals surface area contributed by atoms with Crippen molar-refractivity contribution in [1.29, 1.82) is 0 Å². The van der Waals surface area contributed by atoms with Gasteiger partial charge in [0, 0.05) is 5.56 Å². The Balaban J connectivity index is 2.64. The topological polar surface area (TPSA) is 35.5 Å². The number of hydrogen-bond donors (Lipinski definition) is 0. The van der Waals surface area contributed by atoms with Gasteiger partial charge in [-0.1, -0.05) is 19.8 Å². The molecular weight excluding hydrogens is 204 g/mol. The third-order valence-corrected chi connectivity index (χ3v) is 2.33. The van der Waals surface area contributed by atoms with Crippen molar-refractivity contribution in [3.8, 4) is 11.5 Å². The Labute approximate surface area is 96.4 Å². The number of carbonyl (C=O) groups is 1. The highest BCUT2D eigenvalue weighted by atomic mass is 16.5. The summed E-state index contributed by atoms with van der Waals surface area (Å²) in [6, 6.07) is 5.17. The van der Waals surface area contributed by atoms with Crippen molar-refractivity contribution < 1.29 is 14.3 Å². The van der Waals surface area contributed by atoms with E-state index in [-0.39, 0.29) is 0 Å². The Morgan fingerprint density at radius 1 is 1.25 bits per heavy atom. The molecule has 0 aromatic heterocycles. The standard InChI is InChI=1S/C13H18O3/c1-3-4-5-8-16-13-9-11(10-14)6-7-12(13)15-2/h6-7,9-10H,3-5,8H2,1-2H3. The Morgan fingerprint density at radius 3 is 2.69 bits per heavy atom. The molecule has 1 aromatic rings. The maximum absolute atomic E-state index is 10.6. The van der Waals surface area contributed by atoms with Crippen LogP contribution in [-0.4, -0.2) is 20.0 Å². The zero-order chi connectivity index (χ0) is 11.8. The summed E-state index contributed by atoms with van der Waals surface area (Å²) in [5, 5.41) is 0. The van der Waals surface area contributed by atoms with Crippen LogP contribution in [0.3, 0.4) is 0 Å². The Morgan fingerprint density at radius 2 is 2.06 bits per heavy atom. The lowest BCUT2D eigenvalue weighted by atomic mass is 10.2. The van der Waals surface area contributed by atoms with Gasteiger partial charge in [0.15, 0.2) is 11.5 Å². The number of ether oxygens (including phenoxy) is 2. The van der Waals surface area contributed by atoms with E-state index in [0.717, 1.165) is 25.5 Å². The first kappa shape index (κ1) is 12.6. The fourth-order valence-corrected chi connectivity index (χ4v) is 1.41. The number of benzene rings is 1. The van der Waals surface area contributed by atoms with Gasteiger partial charge in [-0.2, -0.15) is 0 Å². The molecule has 3 heteroatoms. The minimum Gasteiger partial charge on any atom is -0.493 e. The molecule has 0 N–H and O–H groups in total. The fourth-order valence-electron chi connectivity index (χ4n) is 1.41. The molecule has 0 unspecified atom stereocenters. The fraction of sp³-hybridized carbons (Fsp3) is 0.462. The highest BCUT2D eigenvalue weighted by Crippen LogP contribution is 2.27. The van der Waals surface area contributed by atoms with Crippen molar-refractivity contribution in [2.75, 3.05) is 13.7 Å². The molecule has 0 saturated carbocycles. The van der Waals surface area contributed by atoms with E-state index in [1.165, 1.54) is 0 Å². The van der Waals surface area contributed by atoms with Crippen LogP contribution in [0.15, 0.2) is 18.2 Å². The lowest BCUT2D eigenvalue weighted by Gasteiger charge is -2.10. The molecule has 1 aromatic carbocycles. The second-order valence-electron chi connectivity index (χ2n) is 3.58. The number of aldehydes is 1. The van der Waals surface area contributed by atoms with E-state index in [0.29, 0.717) is 23.7 Å². The van der Waals surface area contributed by atoms with Crippen LogP contribution in [-0.2, 0) is 0 Å². The Hall–Kier alpha value is -1.51. The van der Waals surface area contributed by atoms with Gasteiger partial charge in [0.05, 0.1) is 13.7 Å². The molecular formula is C13H18O3. The summed E-state index contributed by atoms with van der Waals surface area (Å²) < 4.78 is 10.7. The largest absolute Gasteiger partial charge is 0.493 e. The van der Waals surface area contributed by atoms with E-state index in [4.69, 9.17) is 9.47 Å². The smallest absolute Gasteiger partial charge is 0.161 e. The summed E-state index contributed by atoms with van der Waals surface area (Å²) in [5.41, 5.74) is 0.603. The third-order valence-electron chi connectivity index (χ3n) is 2.33. The zero-order valence-electron chi connectivity index (χ0n) is 9.86. The number of carbonyl (C=O) groups excluding carboxylic acids is 1. The maximum Gasteiger partial charge on any atom is 0.161 e. The first-order valence-corrected chi connectivity index (χ1v) is 5.57. The van der Waals surface area contributed by atoms with Crippen LogP contribution in [0, 0.1) is 0 Å². The predicted octanol–water partition coefficient (Wildman–Crippen LogP) is 3.08. The molecule has 88 valence electrons. The summed E-state index contributed by atoms with van der Waals surface area (Å²) in [4.78, 5) is 10.6. The molecule has 0 heterocycles. The van der Waals surface area contributed by atoms with Crippen molar-refractivity contribution in [1.82, 2.24) is 0 Å². The number of unbranched alkanes of at least 4 members (excludes halogenated alkanes) is 2. The zero-order valence-corrected chi connectivity index (χ0v) is 9.86. The van der Waals surface area contributed by atoms with Crippen molar-refractivity contribution in [3.63, 3.8) is 0 Å². The van der Waals surface area contributed by atoms with Gasteiger partial charge in [0.1, 0.15) is 6.29 Å². The second-order valence-corrected chi connectivity index (χ2v) is 3.58. The van der Waals surface area contributed by atoms with Crippen LogP contribution in [0.5, 0.6) is 11.5 Å². The molecule has 0 bridgehead atoms. The number of rotatable bonds is 7. The summed E-state index contributed by atoms with van der Waals surface area (Å²) in [6.45, 7) is 2.81. The van der Waals surface area contributed by atoms with Crippen LogP contribution in [0.4, 0.5) is 0 Å². The highest BCUT2D eigenvalue weighted by molar-refractivity contribution is 5.76. The van der Waals surface area contributed by atoms with Crippen LogP contribution in [0.25, 0.3) is 0 Å². The molecule has 0 aliphatic heterocycles. The average Bonchev–Trinajstić information content (AvgIpc) is 2.34. The van der Waals surface area contributed by atoms with Crippen LogP contribution in [0.1, 0.15) is 36.5 Å². The summed E-state index contributed by atoms with van der Waals surface area (Å²) in [7, 11) is 1.59. The number of hydrogen-bond acceptors (Lipinski definition) is 3. The highest BCUT2D eigenvalue weighted by Gasteiger charge is 2.05. The van der Waals surface area contributed by atoms with E-state index in [2.05, 4.69) is 6.92 Å². The van der Waals surface area contributed by atoms with Crippen LogP contribution >= 0.6 is 0 Å². The lowest BCUT2D eigenvalue weighted by Crippen LogP contribution is -1.99. The van der Waals surface area contributed by atoms with E-state index in [9.17, 15) is 4.79 Å². The van der Waals surface area contributed by atoms with E-state index >= 15 is 0 Å². The monoisotopic (exact) mass is 222 g/mol. The van der Waals surface area contributed by atoms with Gasteiger partial charge < -0.3 is 9.47 Å². The molecule has 0 saturated heterocycles. The van der Waals surface area contributed by atoms with E-state index < -0.39 is 0 Å². The maximum atomic E-state index is 10.6. The molecule has 0 amide bonds. The van der Waals surface area contributed by atoms with Crippen molar-refractivity contribution in [2.24, 2.45) is 0 Å². The predicted molar refractivity (Wildman–Crippen MR) is 63.4 cm³/mol. The molecule has 0 fully saturated rings.